The maximum Gasteiger partial charge on any atom is 0.337 e. The Labute approximate surface area is 107 Å². The van der Waals surface area contributed by atoms with Gasteiger partial charge in [0.2, 0.25) is 5.82 Å². The van der Waals surface area contributed by atoms with Crippen LogP contribution in [-0.2, 0) is 10.8 Å². The van der Waals surface area contributed by atoms with Gasteiger partial charge in [-0.15, -0.1) is 0 Å². The van der Waals surface area contributed by atoms with Gasteiger partial charge in [-0.25, -0.2) is 26.9 Å². The van der Waals surface area contributed by atoms with E-state index in [1.807, 2.05) is 0 Å². The van der Waals surface area contributed by atoms with Crippen LogP contribution in [0.1, 0.15) is 5.56 Å². The van der Waals surface area contributed by atoms with Crippen molar-refractivity contribution in [2.24, 2.45) is 0 Å². The highest BCUT2D eigenvalue weighted by atomic mass is 19.3. The zero-order valence-electron chi connectivity index (χ0n) is 9.66. The van der Waals surface area contributed by atoms with E-state index in [1.165, 1.54) is 0 Å². The normalized spacial score (nSPS) is 12.1. The lowest BCUT2D eigenvalue weighted by molar-refractivity contribution is -0.166. The quantitative estimate of drug-likeness (QED) is 0.402. The predicted octanol–water partition coefficient (Wildman–Crippen LogP) is 2.45. The molecule has 0 bridgehead atoms. The lowest BCUT2D eigenvalue weighted by Crippen LogP contribution is -2.41. The fourth-order valence-electron chi connectivity index (χ4n) is 1.36. The number of carboxylic acids is 1. The lowest BCUT2D eigenvalue weighted by Gasteiger charge is -2.27. The average Bonchev–Trinajstić information content (AvgIpc) is 2.33. The van der Waals surface area contributed by atoms with Crippen molar-refractivity contribution in [3.05, 3.63) is 34.6 Å². The van der Waals surface area contributed by atoms with Crippen LogP contribution in [0.5, 0.6) is 0 Å². The molecule has 0 aliphatic rings. The highest BCUT2D eigenvalue weighted by Crippen LogP contribution is 2.37. The third-order valence-corrected chi connectivity index (χ3v) is 2.36. The van der Waals surface area contributed by atoms with Crippen molar-refractivity contribution in [3.63, 3.8) is 0 Å². The molecule has 0 aliphatic carbocycles. The molecule has 1 aromatic carbocycles. The standard InChI is InChI=1S/C10H6F7NO2/c1-18(2-3(19)20)10(16,17)4-5(11)7(13)9(15)8(14)6(4)12/h2H2,1H3,(H,19,20). The van der Waals surface area contributed by atoms with E-state index in [4.69, 9.17) is 5.11 Å². The van der Waals surface area contributed by atoms with Crippen molar-refractivity contribution in [2.75, 3.05) is 13.6 Å². The minimum absolute atomic E-state index is 0.367. The second-order valence-corrected chi connectivity index (χ2v) is 3.74. The number of carbonyl (C=O) groups is 1. The van der Waals surface area contributed by atoms with Gasteiger partial charge in [-0.3, -0.25) is 4.79 Å². The van der Waals surface area contributed by atoms with Gasteiger partial charge in [0.25, 0.3) is 0 Å². The first-order valence-electron chi connectivity index (χ1n) is 4.84. The molecule has 0 aliphatic heterocycles. The van der Waals surface area contributed by atoms with Crippen LogP contribution >= 0.6 is 0 Å². The Balaban J connectivity index is 3.49. The highest BCUT2D eigenvalue weighted by Gasteiger charge is 2.46. The number of aliphatic carboxylic acids is 1. The fraction of sp³-hybridized carbons (Fsp3) is 0.300. The Hall–Kier alpha value is -1.84. The molecule has 1 N–H and O–H groups in total. The zero-order valence-corrected chi connectivity index (χ0v) is 9.66. The van der Waals surface area contributed by atoms with Gasteiger partial charge in [-0.2, -0.15) is 8.78 Å². The molecule has 0 unspecified atom stereocenters. The number of alkyl halides is 2. The van der Waals surface area contributed by atoms with Gasteiger partial charge in [0.05, 0.1) is 0 Å². The van der Waals surface area contributed by atoms with E-state index < -0.39 is 53.2 Å². The molecule has 0 saturated heterocycles. The minimum Gasteiger partial charge on any atom is -0.480 e. The van der Waals surface area contributed by atoms with Crippen molar-refractivity contribution in [1.29, 1.82) is 0 Å². The van der Waals surface area contributed by atoms with Gasteiger partial charge in [-0.1, -0.05) is 0 Å². The summed E-state index contributed by atoms with van der Waals surface area (Å²) in [5.74, 6) is -14.9. The van der Waals surface area contributed by atoms with E-state index in [9.17, 15) is 35.5 Å². The summed E-state index contributed by atoms with van der Waals surface area (Å²) in [6.45, 7) is -1.38. The summed E-state index contributed by atoms with van der Waals surface area (Å²) in [7, 11) is 0.451. The van der Waals surface area contributed by atoms with E-state index in [0.717, 1.165) is 0 Å². The molecule has 0 radical (unpaired) electrons. The first-order valence-corrected chi connectivity index (χ1v) is 4.84. The Morgan fingerprint density at radius 1 is 1.00 bits per heavy atom. The first-order chi connectivity index (χ1) is 9.01. The highest BCUT2D eigenvalue weighted by molar-refractivity contribution is 5.69. The van der Waals surface area contributed by atoms with Crippen LogP contribution in [0.25, 0.3) is 0 Å². The van der Waals surface area contributed by atoms with Gasteiger partial charge in [0, 0.05) is 0 Å². The summed E-state index contributed by atoms with van der Waals surface area (Å²) < 4.78 is 92.1. The topological polar surface area (TPSA) is 40.5 Å². The Bertz CT molecular complexity index is 532. The average molecular weight is 305 g/mol. The Kier molecular flexibility index (Phi) is 4.27. The molecular weight excluding hydrogens is 299 g/mol. The maximum absolute atomic E-state index is 13.7. The second-order valence-electron chi connectivity index (χ2n) is 3.74. The third-order valence-electron chi connectivity index (χ3n) is 2.36. The largest absolute Gasteiger partial charge is 0.480 e. The number of benzene rings is 1. The van der Waals surface area contributed by atoms with Crippen molar-refractivity contribution in [1.82, 2.24) is 4.90 Å². The molecule has 20 heavy (non-hydrogen) atoms. The molecular formula is C10H6F7NO2. The number of likely N-dealkylation sites (N-methyl/N-ethyl adjacent to an activating group) is 1. The van der Waals surface area contributed by atoms with Crippen molar-refractivity contribution in [3.8, 4) is 0 Å². The van der Waals surface area contributed by atoms with Crippen molar-refractivity contribution >= 4 is 5.97 Å². The van der Waals surface area contributed by atoms with E-state index in [2.05, 4.69) is 0 Å². The summed E-state index contributed by atoms with van der Waals surface area (Å²) in [5.41, 5.74) is -2.40. The van der Waals surface area contributed by atoms with E-state index in [1.54, 1.807) is 0 Å². The molecule has 0 aromatic heterocycles. The van der Waals surface area contributed by atoms with E-state index in [0.29, 0.717) is 7.05 Å². The molecule has 1 rings (SSSR count). The summed E-state index contributed by atoms with van der Waals surface area (Å²) >= 11 is 0. The summed E-state index contributed by atoms with van der Waals surface area (Å²) in [4.78, 5) is 9.91. The number of halogens is 7. The maximum atomic E-state index is 13.7. The van der Waals surface area contributed by atoms with Crippen LogP contribution in [0.15, 0.2) is 0 Å². The first kappa shape index (κ1) is 16.2. The van der Waals surface area contributed by atoms with E-state index in [-0.39, 0.29) is 4.90 Å². The van der Waals surface area contributed by atoms with Gasteiger partial charge >= 0.3 is 12.0 Å². The molecule has 0 heterocycles. The minimum atomic E-state index is -4.71. The van der Waals surface area contributed by atoms with Crippen molar-refractivity contribution < 1.29 is 40.6 Å². The van der Waals surface area contributed by atoms with Crippen LogP contribution < -0.4 is 0 Å². The summed E-state index contributed by atoms with van der Waals surface area (Å²) in [6.07, 6.45) is 0. The fourth-order valence-corrected chi connectivity index (χ4v) is 1.36. The van der Waals surface area contributed by atoms with Gasteiger partial charge in [-0.05, 0) is 7.05 Å². The number of rotatable bonds is 4. The smallest absolute Gasteiger partial charge is 0.337 e. The predicted molar refractivity (Wildman–Crippen MR) is 50.4 cm³/mol. The Morgan fingerprint density at radius 3 is 1.70 bits per heavy atom. The van der Waals surface area contributed by atoms with Crippen LogP contribution in [0.3, 0.4) is 0 Å². The third kappa shape index (κ3) is 2.55. The molecule has 3 nitrogen and oxygen atoms in total. The monoisotopic (exact) mass is 305 g/mol. The molecule has 0 fully saturated rings. The SMILES string of the molecule is CN(CC(=O)O)C(F)(F)c1c(F)c(F)c(F)c(F)c1F. The van der Waals surface area contributed by atoms with Crippen LogP contribution in [0.4, 0.5) is 30.7 Å². The lowest BCUT2D eigenvalue weighted by atomic mass is 10.1. The van der Waals surface area contributed by atoms with Crippen LogP contribution in [0.2, 0.25) is 0 Å². The molecule has 0 spiro atoms. The number of hydrogen-bond acceptors (Lipinski definition) is 2. The molecule has 0 saturated carbocycles. The number of nitrogens with zero attached hydrogens (tertiary/aromatic N) is 1. The number of carboxylic acid groups (broad SMARTS) is 1. The van der Waals surface area contributed by atoms with E-state index >= 15 is 0 Å². The van der Waals surface area contributed by atoms with Gasteiger partial charge in [0.1, 0.15) is 12.1 Å². The zero-order chi connectivity index (χ0) is 15.8. The van der Waals surface area contributed by atoms with Gasteiger partial charge < -0.3 is 5.11 Å². The van der Waals surface area contributed by atoms with Crippen molar-refractivity contribution in [2.45, 2.75) is 6.05 Å². The second kappa shape index (κ2) is 5.27. The molecule has 1 aromatic rings. The van der Waals surface area contributed by atoms with Gasteiger partial charge in [0.15, 0.2) is 23.3 Å². The number of hydrogen-bond donors (Lipinski definition) is 1. The van der Waals surface area contributed by atoms with Crippen LogP contribution in [-0.4, -0.2) is 29.6 Å². The molecule has 0 atom stereocenters. The van der Waals surface area contributed by atoms with Crippen LogP contribution in [0, 0.1) is 29.1 Å². The molecule has 0 amide bonds. The summed E-state index contributed by atoms with van der Waals surface area (Å²) in [5, 5.41) is 8.32. The molecule has 10 heteroatoms. The Morgan fingerprint density at radius 2 is 1.35 bits per heavy atom. The summed E-state index contributed by atoms with van der Waals surface area (Å²) in [6, 6.07) is -4.71. The molecule has 112 valence electrons.